The summed E-state index contributed by atoms with van der Waals surface area (Å²) in [4.78, 5) is 0. The Labute approximate surface area is 90.7 Å². The van der Waals surface area contributed by atoms with Crippen LogP contribution < -0.4 is 0 Å². The van der Waals surface area contributed by atoms with Gasteiger partial charge in [-0.2, -0.15) is 0 Å². The summed E-state index contributed by atoms with van der Waals surface area (Å²) in [6.07, 6.45) is 2.74. The minimum Gasteiger partial charge on any atom is -0.252 e. The molecule has 1 aromatic rings. The molecular formula is C12H15NS. The predicted molar refractivity (Wildman–Crippen MR) is 61.4 cm³/mol. The molecule has 1 aliphatic carbocycles. The Balaban J connectivity index is 1.92. The number of nitrogens with zero attached hydrogens (tertiary/aromatic N) is 1. The van der Waals surface area contributed by atoms with Crippen LogP contribution in [0.25, 0.3) is 0 Å². The molecule has 0 amide bonds. The zero-order chi connectivity index (χ0) is 9.60. The third-order valence-corrected chi connectivity index (χ3v) is 4.00. The normalized spacial score (nSPS) is 36.5. The van der Waals surface area contributed by atoms with E-state index in [4.69, 9.17) is 0 Å². The monoisotopic (exact) mass is 205 g/mol. The van der Waals surface area contributed by atoms with E-state index in [-0.39, 0.29) is 0 Å². The third-order valence-electron chi connectivity index (χ3n) is 3.70. The van der Waals surface area contributed by atoms with Crippen molar-refractivity contribution in [2.24, 2.45) is 5.92 Å². The van der Waals surface area contributed by atoms with Crippen LogP contribution in [0, 0.1) is 5.92 Å². The van der Waals surface area contributed by atoms with E-state index < -0.39 is 0 Å². The lowest BCUT2D eigenvalue weighted by Crippen LogP contribution is -2.56. The largest absolute Gasteiger partial charge is 0.252 e. The van der Waals surface area contributed by atoms with Gasteiger partial charge in [0, 0.05) is 18.5 Å². The molecule has 74 valence electrons. The van der Waals surface area contributed by atoms with Crippen LogP contribution in [-0.4, -0.2) is 17.4 Å². The summed E-state index contributed by atoms with van der Waals surface area (Å²) in [7, 11) is 0. The first kappa shape index (κ1) is 8.81. The van der Waals surface area contributed by atoms with Gasteiger partial charge >= 0.3 is 0 Å². The van der Waals surface area contributed by atoms with Crippen LogP contribution in [-0.2, 0) is 5.41 Å². The lowest BCUT2D eigenvalue weighted by atomic mass is 9.56. The third kappa shape index (κ3) is 1.21. The van der Waals surface area contributed by atoms with Gasteiger partial charge in [-0.15, -0.1) is 0 Å². The summed E-state index contributed by atoms with van der Waals surface area (Å²) in [5.41, 5.74) is 1.95. The molecule has 1 saturated carbocycles. The Morgan fingerprint density at radius 3 is 2.57 bits per heavy atom. The summed E-state index contributed by atoms with van der Waals surface area (Å²) in [5, 5.41) is 0. The smallest absolute Gasteiger partial charge is 0.0185 e. The first-order valence-electron chi connectivity index (χ1n) is 5.28. The van der Waals surface area contributed by atoms with Gasteiger partial charge in [0.25, 0.3) is 0 Å². The SMILES string of the molecule is SN1CC2CC(c3ccccc3)(C2)C1. The van der Waals surface area contributed by atoms with Crippen molar-refractivity contribution in [1.29, 1.82) is 0 Å². The van der Waals surface area contributed by atoms with Crippen LogP contribution in [0.4, 0.5) is 0 Å². The summed E-state index contributed by atoms with van der Waals surface area (Å²) >= 11 is 4.49. The fraction of sp³-hybridized carbons (Fsp3) is 0.500. The molecule has 0 atom stereocenters. The van der Waals surface area contributed by atoms with Crippen LogP contribution in [0.1, 0.15) is 18.4 Å². The molecule has 1 aromatic carbocycles. The maximum absolute atomic E-state index is 4.49. The molecule has 2 heteroatoms. The first-order valence-corrected chi connectivity index (χ1v) is 5.68. The molecule has 4 rings (SSSR count). The quantitative estimate of drug-likeness (QED) is 0.689. The van der Waals surface area contributed by atoms with Crippen molar-refractivity contribution in [3.05, 3.63) is 35.9 Å². The maximum Gasteiger partial charge on any atom is 0.0185 e. The van der Waals surface area contributed by atoms with E-state index in [9.17, 15) is 0 Å². The number of fused-ring (bicyclic) bond motifs is 2. The second-order valence-electron chi connectivity index (χ2n) is 4.77. The second kappa shape index (κ2) is 3.01. The van der Waals surface area contributed by atoms with Gasteiger partial charge in [0.1, 0.15) is 0 Å². The minimum absolute atomic E-state index is 0.436. The van der Waals surface area contributed by atoms with E-state index in [2.05, 4.69) is 47.5 Å². The zero-order valence-electron chi connectivity index (χ0n) is 8.19. The molecule has 2 heterocycles. The summed E-state index contributed by atoms with van der Waals surface area (Å²) < 4.78 is 2.19. The number of benzene rings is 1. The lowest BCUT2D eigenvalue weighted by molar-refractivity contribution is 0.0456. The Morgan fingerprint density at radius 2 is 1.93 bits per heavy atom. The first-order chi connectivity index (χ1) is 6.78. The van der Waals surface area contributed by atoms with E-state index in [1.165, 1.54) is 24.9 Å². The summed E-state index contributed by atoms with van der Waals surface area (Å²) in [6, 6.07) is 10.9. The fourth-order valence-corrected chi connectivity index (χ4v) is 3.64. The number of hydrogen-bond acceptors (Lipinski definition) is 2. The number of thiol groups is 1. The zero-order valence-corrected chi connectivity index (χ0v) is 9.08. The van der Waals surface area contributed by atoms with Crippen LogP contribution in [0.5, 0.6) is 0 Å². The molecule has 2 aliphatic heterocycles. The molecule has 0 spiro atoms. The van der Waals surface area contributed by atoms with Crippen LogP contribution >= 0.6 is 12.8 Å². The van der Waals surface area contributed by atoms with Crippen LogP contribution in [0.15, 0.2) is 30.3 Å². The van der Waals surface area contributed by atoms with E-state index >= 15 is 0 Å². The van der Waals surface area contributed by atoms with Gasteiger partial charge in [-0.3, -0.25) is 4.31 Å². The van der Waals surface area contributed by atoms with Gasteiger partial charge in [0.15, 0.2) is 0 Å². The number of hydrogen-bond donors (Lipinski definition) is 1. The lowest BCUT2D eigenvalue weighted by Gasteiger charge is -2.55. The van der Waals surface area contributed by atoms with Gasteiger partial charge in [-0.05, 0) is 24.3 Å². The van der Waals surface area contributed by atoms with Crippen molar-refractivity contribution in [2.75, 3.05) is 13.1 Å². The highest BCUT2D eigenvalue weighted by atomic mass is 32.1. The van der Waals surface area contributed by atoms with E-state index in [0.717, 1.165) is 12.5 Å². The second-order valence-corrected chi connectivity index (χ2v) is 5.33. The molecule has 0 aromatic heterocycles. The molecule has 1 nitrogen and oxygen atoms in total. The molecule has 14 heavy (non-hydrogen) atoms. The number of piperidine rings is 2. The molecule has 0 radical (unpaired) electrons. The van der Waals surface area contributed by atoms with Crippen molar-refractivity contribution in [2.45, 2.75) is 18.3 Å². The molecular weight excluding hydrogens is 190 g/mol. The fourth-order valence-electron chi connectivity index (χ4n) is 3.13. The molecule has 3 fully saturated rings. The van der Waals surface area contributed by atoms with E-state index in [1.54, 1.807) is 0 Å². The van der Waals surface area contributed by atoms with Gasteiger partial charge in [-0.1, -0.05) is 43.1 Å². The molecule has 3 aliphatic rings. The Kier molecular flexibility index (Phi) is 1.89. The number of rotatable bonds is 1. The average Bonchev–Trinajstić information content (AvgIpc) is 2.17. The predicted octanol–water partition coefficient (Wildman–Crippen LogP) is 2.49. The van der Waals surface area contributed by atoms with Gasteiger partial charge in [0.05, 0.1) is 0 Å². The van der Waals surface area contributed by atoms with Gasteiger partial charge in [-0.25, -0.2) is 0 Å². The van der Waals surface area contributed by atoms with Gasteiger partial charge < -0.3 is 0 Å². The van der Waals surface area contributed by atoms with E-state index in [1.807, 2.05) is 0 Å². The van der Waals surface area contributed by atoms with Crippen molar-refractivity contribution >= 4 is 12.8 Å². The highest BCUT2D eigenvalue weighted by Crippen LogP contribution is 2.52. The van der Waals surface area contributed by atoms with Crippen molar-refractivity contribution in [3.8, 4) is 0 Å². The summed E-state index contributed by atoms with van der Waals surface area (Å²) in [6.45, 7) is 2.30. The maximum atomic E-state index is 4.49. The standard InChI is InChI=1S/C12H15NS/c14-13-8-10-6-12(7-10,9-13)11-4-2-1-3-5-11/h1-5,10,14H,6-9H2. The Morgan fingerprint density at radius 1 is 1.21 bits per heavy atom. The van der Waals surface area contributed by atoms with Crippen molar-refractivity contribution < 1.29 is 0 Å². The highest BCUT2D eigenvalue weighted by molar-refractivity contribution is 7.77. The van der Waals surface area contributed by atoms with Crippen LogP contribution in [0.3, 0.4) is 0 Å². The highest BCUT2D eigenvalue weighted by Gasteiger charge is 2.50. The van der Waals surface area contributed by atoms with Gasteiger partial charge in [0.2, 0.25) is 0 Å². The Hall–Kier alpha value is -0.470. The molecule has 2 saturated heterocycles. The molecule has 0 N–H and O–H groups in total. The molecule has 0 unspecified atom stereocenters. The van der Waals surface area contributed by atoms with Crippen molar-refractivity contribution in [3.63, 3.8) is 0 Å². The Bertz CT molecular complexity index is 329. The summed E-state index contributed by atoms with van der Waals surface area (Å²) in [5.74, 6) is 0.890. The van der Waals surface area contributed by atoms with E-state index in [0.29, 0.717) is 5.41 Å². The topological polar surface area (TPSA) is 3.24 Å². The minimum atomic E-state index is 0.436. The van der Waals surface area contributed by atoms with Crippen molar-refractivity contribution in [1.82, 2.24) is 4.31 Å². The van der Waals surface area contributed by atoms with Crippen LogP contribution in [0.2, 0.25) is 0 Å². The average molecular weight is 205 g/mol. The molecule has 2 bridgehead atoms.